The molecule has 0 radical (unpaired) electrons. The second-order valence-corrected chi connectivity index (χ2v) is 7.41. The fraction of sp³-hybridized carbons (Fsp3) is 0.462. The van der Waals surface area contributed by atoms with Gasteiger partial charge in [-0.2, -0.15) is 0 Å². The number of carbonyl (C=O) groups is 1. The van der Waals surface area contributed by atoms with Crippen molar-refractivity contribution in [1.82, 2.24) is 0 Å². The summed E-state index contributed by atoms with van der Waals surface area (Å²) in [6.07, 6.45) is -1.17. The zero-order valence-electron chi connectivity index (χ0n) is 9.85. The maximum atomic E-state index is 13.9. The number of carbonyl (C=O) groups excluding carboxylic acids is 1. The van der Waals surface area contributed by atoms with Gasteiger partial charge in [0.1, 0.15) is 0 Å². The molecule has 0 aliphatic carbocycles. The summed E-state index contributed by atoms with van der Waals surface area (Å²) in [6, 6.07) is 9.84. The van der Waals surface area contributed by atoms with Crippen LogP contribution in [0.4, 0.5) is 4.39 Å². The summed E-state index contributed by atoms with van der Waals surface area (Å²) in [5.41, 5.74) is -0.329. The maximum absolute atomic E-state index is 13.9. The Labute approximate surface area is 107 Å². The van der Waals surface area contributed by atoms with Crippen molar-refractivity contribution in [3.8, 4) is 0 Å². The van der Waals surface area contributed by atoms with E-state index in [1.54, 1.807) is 0 Å². The molecule has 4 heteroatoms. The number of alkyl halides is 1. The molecule has 92 valence electrons. The topological polar surface area (TPSA) is 26.3 Å². The Kier molecular flexibility index (Phi) is 3.55. The molecule has 1 aromatic carbocycles. The summed E-state index contributed by atoms with van der Waals surface area (Å²) >= 11 is -0.0229. The molecule has 2 atom stereocenters. The predicted octanol–water partition coefficient (Wildman–Crippen LogP) is 2.07. The zero-order chi connectivity index (χ0) is 12.5. The Hall–Kier alpha value is -0.861. The fourth-order valence-electron chi connectivity index (χ4n) is 1.92. The first-order valence-electron chi connectivity index (χ1n) is 5.54. The van der Waals surface area contributed by atoms with Crippen LogP contribution in [-0.4, -0.2) is 27.3 Å². The van der Waals surface area contributed by atoms with Gasteiger partial charge in [-0.15, -0.1) is 0 Å². The molecule has 0 unspecified atom stereocenters. The van der Waals surface area contributed by atoms with Gasteiger partial charge in [0.15, 0.2) is 0 Å². The number of rotatable bonds is 2. The average molecular weight is 301 g/mol. The molecule has 0 N–H and O–H groups in total. The molecular weight excluding hydrogens is 286 g/mol. The number of ether oxygens (including phenoxy) is 1. The molecule has 0 aromatic heterocycles. The summed E-state index contributed by atoms with van der Waals surface area (Å²) in [5, 5.41) is 0. The van der Waals surface area contributed by atoms with E-state index in [-0.39, 0.29) is 25.2 Å². The molecule has 1 aliphatic heterocycles. The standard InChI is InChI=1S/C13H15FO2Se/c1-13(2)8-10(15)16-12(14)11(13)17-9-6-4-3-5-7-9/h3-7,11-12H,8H2,1-2H3/t11-,12+/m0/s1. The molecule has 2 rings (SSSR count). The van der Waals surface area contributed by atoms with E-state index in [4.69, 9.17) is 4.74 Å². The molecule has 0 bridgehead atoms. The van der Waals surface area contributed by atoms with E-state index in [2.05, 4.69) is 0 Å². The van der Waals surface area contributed by atoms with Gasteiger partial charge >= 0.3 is 106 Å². The van der Waals surface area contributed by atoms with Crippen molar-refractivity contribution in [2.75, 3.05) is 0 Å². The molecular formula is C13H15FO2Se. The van der Waals surface area contributed by atoms with Gasteiger partial charge in [-0.3, -0.25) is 0 Å². The van der Waals surface area contributed by atoms with Crippen LogP contribution in [0, 0.1) is 5.41 Å². The van der Waals surface area contributed by atoms with Crippen molar-refractivity contribution >= 4 is 25.4 Å². The Morgan fingerprint density at radius 3 is 2.59 bits per heavy atom. The quantitative estimate of drug-likeness (QED) is 0.617. The third-order valence-corrected chi connectivity index (χ3v) is 6.32. The van der Waals surface area contributed by atoms with Crippen LogP contribution in [0.1, 0.15) is 20.3 Å². The molecule has 0 amide bonds. The van der Waals surface area contributed by atoms with Gasteiger partial charge in [0.2, 0.25) is 0 Å². The minimum absolute atomic E-state index is 0.0229. The van der Waals surface area contributed by atoms with Crippen molar-refractivity contribution in [3.05, 3.63) is 30.3 Å². The Balaban J connectivity index is 2.16. The third-order valence-electron chi connectivity index (χ3n) is 2.86. The summed E-state index contributed by atoms with van der Waals surface area (Å²) in [7, 11) is 0. The summed E-state index contributed by atoms with van der Waals surface area (Å²) < 4.78 is 19.7. The first kappa shape index (κ1) is 12.6. The third kappa shape index (κ3) is 2.88. The molecule has 17 heavy (non-hydrogen) atoms. The SMILES string of the molecule is CC1(C)CC(=O)O[C@@H](F)[C@@H]1[Se]c1ccccc1. The first-order chi connectivity index (χ1) is 7.99. The Bertz CT molecular complexity index is 405. The Morgan fingerprint density at radius 1 is 1.35 bits per heavy atom. The van der Waals surface area contributed by atoms with Crippen LogP contribution < -0.4 is 4.46 Å². The van der Waals surface area contributed by atoms with Crippen LogP contribution >= 0.6 is 0 Å². The zero-order valence-corrected chi connectivity index (χ0v) is 11.6. The number of hydrogen-bond acceptors (Lipinski definition) is 2. The number of cyclic esters (lactones) is 1. The van der Waals surface area contributed by atoms with E-state index in [0.717, 1.165) is 4.46 Å². The number of hydrogen-bond donors (Lipinski definition) is 0. The molecule has 1 saturated heterocycles. The van der Waals surface area contributed by atoms with E-state index in [1.807, 2.05) is 44.2 Å². The molecule has 0 saturated carbocycles. The summed E-state index contributed by atoms with van der Waals surface area (Å²) in [5.74, 6) is -0.428. The van der Waals surface area contributed by atoms with Crippen molar-refractivity contribution in [3.63, 3.8) is 0 Å². The second-order valence-electron chi connectivity index (χ2n) is 4.86. The summed E-state index contributed by atoms with van der Waals surface area (Å²) in [6.45, 7) is 3.88. The average Bonchev–Trinajstić information content (AvgIpc) is 2.24. The molecule has 1 aromatic rings. The van der Waals surface area contributed by atoms with Crippen LogP contribution in [0.25, 0.3) is 0 Å². The van der Waals surface area contributed by atoms with Gasteiger partial charge in [0.25, 0.3) is 0 Å². The van der Waals surface area contributed by atoms with Crippen molar-refractivity contribution in [2.45, 2.75) is 31.4 Å². The fourth-order valence-corrected chi connectivity index (χ4v) is 4.37. The Morgan fingerprint density at radius 2 is 2.00 bits per heavy atom. The van der Waals surface area contributed by atoms with E-state index in [1.165, 1.54) is 0 Å². The van der Waals surface area contributed by atoms with Crippen molar-refractivity contribution in [1.29, 1.82) is 0 Å². The second kappa shape index (κ2) is 4.79. The van der Waals surface area contributed by atoms with Gasteiger partial charge in [0.05, 0.1) is 0 Å². The van der Waals surface area contributed by atoms with E-state index < -0.39 is 12.3 Å². The normalized spacial score (nSPS) is 27.6. The van der Waals surface area contributed by atoms with E-state index in [0.29, 0.717) is 6.42 Å². The number of benzene rings is 1. The number of esters is 1. The van der Waals surface area contributed by atoms with Gasteiger partial charge in [-0.1, -0.05) is 0 Å². The van der Waals surface area contributed by atoms with Crippen LogP contribution in [0.3, 0.4) is 0 Å². The van der Waals surface area contributed by atoms with Crippen molar-refractivity contribution < 1.29 is 13.9 Å². The molecule has 1 heterocycles. The first-order valence-corrected chi connectivity index (χ1v) is 7.39. The number of halogens is 1. The monoisotopic (exact) mass is 302 g/mol. The van der Waals surface area contributed by atoms with Crippen LogP contribution in [0.5, 0.6) is 0 Å². The van der Waals surface area contributed by atoms with Crippen LogP contribution in [-0.2, 0) is 9.53 Å². The predicted molar refractivity (Wildman–Crippen MR) is 65.0 cm³/mol. The molecule has 1 aliphatic rings. The van der Waals surface area contributed by atoms with Crippen molar-refractivity contribution in [2.24, 2.45) is 5.41 Å². The molecule has 0 spiro atoms. The van der Waals surface area contributed by atoms with E-state index in [9.17, 15) is 9.18 Å². The molecule has 2 nitrogen and oxygen atoms in total. The van der Waals surface area contributed by atoms with E-state index >= 15 is 0 Å². The molecule has 1 fully saturated rings. The van der Waals surface area contributed by atoms with Gasteiger partial charge < -0.3 is 0 Å². The van der Waals surface area contributed by atoms with Crippen LogP contribution in [0.2, 0.25) is 4.82 Å². The minimum atomic E-state index is -1.47. The van der Waals surface area contributed by atoms with Crippen LogP contribution in [0.15, 0.2) is 30.3 Å². The van der Waals surface area contributed by atoms with Gasteiger partial charge in [-0.05, 0) is 0 Å². The summed E-state index contributed by atoms with van der Waals surface area (Å²) in [4.78, 5) is 11.0. The van der Waals surface area contributed by atoms with Gasteiger partial charge in [-0.25, -0.2) is 0 Å². The van der Waals surface area contributed by atoms with Gasteiger partial charge in [0, 0.05) is 0 Å².